The number of rotatable bonds is 5. The van der Waals surface area contributed by atoms with Gasteiger partial charge in [0.15, 0.2) is 11.3 Å². The van der Waals surface area contributed by atoms with Gasteiger partial charge in [-0.15, -0.1) is 0 Å². The summed E-state index contributed by atoms with van der Waals surface area (Å²) in [4.78, 5) is 28.1. The predicted molar refractivity (Wildman–Crippen MR) is 121 cm³/mol. The first-order valence-electron chi connectivity index (χ1n) is 9.26. The van der Waals surface area contributed by atoms with Crippen LogP contribution in [0.25, 0.3) is 21.9 Å². The lowest BCUT2D eigenvalue weighted by Gasteiger charge is -2.10. The molecule has 4 aromatic rings. The van der Waals surface area contributed by atoms with E-state index in [1.165, 1.54) is 19.3 Å². The van der Waals surface area contributed by atoms with E-state index in [-0.39, 0.29) is 28.3 Å². The zero-order chi connectivity index (χ0) is 22.1. The van der Waals surface area contributed by atoms with Crippen molar-refractivity contribution in [2.45, 2.75) is 13.3 Å². The number of nitrogens with one attached hydrogen (secondary N) is 2. The van der Waals surface area contributed by atoms with E-state index in [1.54, 1.807) is 37.4 Å². The van der Waals surface area contributed by atoms with Crippen LogP contribution in [0.5, 0.6) is 5.75 Å². The summed E-state index contributed by atoms with van der Waals surface area (Å²) in [5.74, 6) is 0.0425. The summed E-state index contributed by atoms with van der Waals surface area (Å²) in [6.07, 6.45) is 2.85. The molecule has 9 heteroatoms. The molecule has 2 aromatic carbocycles. The van der Waals surface area contributed by atoms with Gasteiger partial charge in [-0.1, -0.05) is 29.3 Å². The molecule has 0 aliphatic carbocycles. The van der Waals surface area contributed by atoms with Crippen molar-refractivity contribution in [2.75, 3.05) is 17.7 Å². The van der Waals surface area contributed by atoms with Crippen LogP contribution in [0.1, 0.15) is 12.5 Å². The van der Waals surface area contributed by atoms with Crippen molar-refractivity contribution in [3.8, 4) is 5.75 Å². The molecule has 2 heterocycles. The molecule has 4 rings (SSSR count). The molecule has 2 amide bonds. The number of pyridine rings is 1. The quantitative estimate of drug-likeness (QED) is 0.416. The SMILES string of the molecule is COc1ccc(CC(=O)Nc2c(Cl)cncc2Cl)c2c1oc1ccc(NC(C)=O)cc12. The van der Waals surface area contributed by atoms with Gasteiger partial charge in [0.2, 0.25) is 11.8 Å². The maximum atomic E-state index is 12.8. The van der Waals surface area contributed by atoms with Crippen LogP contribution in [0.3, 0.4) is 0 Å². The molecular weight excluding hydrogens is 441 g/mol. The summed E-state index contributed by atoms with van der Waals surface area (Å²) in [6, 6.07) is 8.86. The molecule has 31 heavy (non-hydrogen) atoms. The number of nitrogens with zero attached hydrogens (tertiary/aromatic N) is 1. The van der Waals surface area contributed by atoms with Crippen LogP contribution < -0.4 is 15.4 Å². The van der Waals surface area contributed by atoms with E-state index in [2.05, 4.69) is 15.6 Å². The summed E-state index contributed by atoms with van der Waals surface area (Å²) in [7, 11) is 1.55. The van der Waals surface area contributed by atoms with Crippen molar-refractivity contribution in [1.29, 1.82) is 0 Å². The number of benzene rings is 2. The molecule has 0 bridgehead atoms. The number of amides is 2. The van der Waals surface area contributed by atoms with Gasteiger partial charge in [0.25, 0.3) is 0 Å². The summed E-state index contributed by atoms with van der Waals surface area (Å²) in [6.45, 7) is 1.44. The number of hydrogen-bond acceptors (Lipinski definition) is 5. The number of hydrogen-bond donors (Lipinski definition) is 2. The predicted octanol–water partition coefficient (Wildman–Crippen LogP) is 5.44. The maximum Gasteiger partial charge on any atom is 0.228 e. The number of carbonyl (C=O) groups is 2. The third-order valence-electron chi connectivity index (χ3n) is 4.68. The molecule has 0 radical (unpaired) electrons. The van der Waals surface area contributed by atoms with Gasteiger partial charge < -0.3 is 19.8 Å². The van der Waals surface area contributed by atoms with Crippen LogP contribution in [-0.4, -0.2) is 23.9 Å². The number of methoxy groups -OCH3 is 1. The molecule has 0 aliphatic heterocycles. The van der Waals surface area contributed by atoms with Gasteiger partial charge in [-0.3, -0.25) is 14.6 Å². The number of furan rings is 1. The highest BCUT2D eigenvalue weighted by Gasteiger charge is 2.19. The maximum absolute atomic E-state index is 12.8. The van der Waals surface area contributed by atoms with Crippen molar-refractivity contribution >= 4 is 68.3 Å². The Balaban J connectivity index is 1.78. The highest BCUT2D eigenvalue weighted by molar-refractivity contribution is 6.39. The molecule has 0 unspecified atom stereocenters. The Morgan fingerprint density at radius 3 is 2.52 bits per heavy atom. The molecule has 7 nitrogen and oxygen atoms in total. The molecule has 0 atom stereocenters. The van der Waals surface area contributed by atoms with Crippen LogP contribution in [-0.2, 0) is 16.0 Å². The van der Waals surface area contributed by atoms with Gasteiger partial charge in [0.05, 0.1) is 29.3 Å². The molecule has 0 saturated carbocycles. The van der Waals surface area contributed by atoms with Crippen LogP contribution >= 0.6 is 23.2 Å². The van der Waals surface area contributed by atoms with Crippen molar-refractivity contribution in [3.63, 3.8) is 0 Å². The van der Waals surface area contributed by atoms with Gasteiger partial charge in [0, 0.05) is 35.8 Å². The smallest absolute Gasteiger partial charge is 0.228 e. The fraction of sp³-hybridized carbons (Fsp3) is 0.136. The molecule has 2 N–H and O–H groups in total. The molecular formula is C22H17Cl2N3O4. The van der Waals surface area contributed by atoms with E-state index in [4.69, 9.17) is 32.4 Å². The Morgan fingerprint density at radius 1 is 1.10 bits per heavy atom. The number of carbonyl (C=O) groups excluding carboxylic acids is 2. The standard InChI is InChI=1S/C22H17Cl2N3O4/c1-11(28)26-13-4-6-17-14(8-13)20-12(3-5-18(30-2)22(20)31-17)7-19(29)27-21-15(23)9-25-10-16(21)24/h3-6,8-10H,7H2,1-2H3,(H,26,28)(H,25,27,29). The minimum absolute atomic E-state index is 0.0362. The third kappa shape index (κ3) is 4.15. The Morgan fingerprint density at radius 2 is 1.84 bits per heavy atom. The minimum Gasteiger partial charge on any atom is -0.493 e. The lowest BCUT2D eigenvalue weighted by Crippen LogP contribution is -2.15. The van der Waals surface area contributed by atoms with Crippen molar-refractivity contribution in [1.82, 2.24) is 4.98 Å². The van der Waals surface area contributed by atoms with Gasteiger partial charge in [-0.2, -0.15) is 0 Å². The Labute approximate surface area is 187 Å². The third-order valence-corrected chi connectivity index (χ3v) is 5.25. The number of anilines is 2. The zero-order valence-electron chi connectivity index (χ0n) is 16.6. The number of halogens is 2. The van der Waals surface area contributed by atoms with E-state index < -0.39 is 0 Å². The number of ether oxygens (including phenoxy) is 1. The van der Waals surface area contributed by atoms with Crippen LogP contribution in [0, 0.1) is 0 Å². The lowest BCUT2D eigenvalue weighted by molar-refractivity contribution is -0.116. The average Bonchev–Trinajstić information content (AvgIpc) is 3.10. The van der Waals surface area contributed by atoms with Crippen molar-refractivity contribution < 1.29 is 18.7 Å². The molecule has 0 fully saturated rings. The lowest BCUT2D eigenvalue weighted by atomic mass is 10.0. The highest BCUT2D eigenvalue weighted by Crippen LogP contribution is 2.38. The molecule has 0 spiro atoms. The first-order valence-corrected chi connectivity index (χ1v) is 10.0. The second-order valence-electron chi connectivity index (χ2n) is 6.83. The summed E-state index contributed by atoms with van der Waals surface area (Å²) in [5.41, 5.74) is 2.76. The second-order valence-corrected chi connectivity index (χ2v) is 7.64. The molecule has 0 saturated heterocycles. The van der Waals surface area contributed by atoms with Crippen LogP contribution in [0.4, 0.5) is 11.4 Å². The van der Waals surface area contributed by atoms with E-state index >= 15 is 0 Å². The first kappa shape index (κ1) is 21.0. The van der Waals surface area contributed by atoms with E-state index in [9.17, 15) is 9.59 Å². The monoisotopic (exact) mass is 457 g/mol. The van der Waals surface area contributed by atoms with E-state index in [1.807, 2.05) is 0 Å². The number of aromatic nitrogens is 1. The van der Waals surface area contributed by atoms with E-state index in [0.717, 1.165) is 10.8 Å². The Kier molecular flexibility index (Phi) is 5.71. The first-order chi connectivity index (χ1) is 14.9. The Bertz CT molecular complexity index is 1310. The molecule has 0 aliphatic rings. The Hall–Kier alpha value is -3.29. The molecule has 2 aromatic heterocycles. The minimum atomic E-state index is -0.311. The average molecular weight is 458 g/mol. The van der Waals surface area contributed by atoms with Crippen LogP contribution in [0.15, 0.2) is 47.1 Å². The fourth-order valence-corrected chi connectivity index (χ4v) is 3.86. The van der Waals surface area contributed by atoms with Crippen LogP contribution in [0.2, 0.25) is 10.0 Å². The largest absolute Gasteiger partial charge is 0.493 e. The second kappa shape index (κ2) is 8.45. The normalized spacial score (nSPS) is 11.0. The molecule has 158 valence electrons. The summed E-state index contributed by atoms with van der Waals surface area (Å²) >= 11 is 12.2. The van der Waals surface area contributed by atoms with Crippen molar-refractivity contribution in [3.05, 3.63) is 58.3 Å². The van der Waals surface area contributed by atoms with Gasteiger partial charge in [-0.05, 0) is 29.8 Å². The summed E-state index contributed by atoms with van der Waals surface area (Å²) < 4.78 is 11.4. The van der Waals surface area contributed by atoms with Gasteiger partial charge >= 0.3 is 0 Å². The highest BCUT2D eigenvalue weighted by atomic mass is 35.5. The fourth-order valence-electron chi connectivity index (χ4n) is 3.40. The summed E-state index contributed by atoms with van der Waals surface area (Å²) in [5, 5.41) is 7.46. The zero-order valence-corrected chi connectivity index (χ0v) is 18.1. The number of fused-ring (bicyclic) bond motifs is 3. The van der Waals surface area contributed by atoms with Gasteiger partial charge in [-0.25, -0.2) is 0 Å². The topological polar surface area (TPSA) is 93.5 Å². The van der Waals surface area contributed by atoms with Crippen molar-refractivity contribution in [2.24, 2.45) is 0 Å². The van der Waals surface area contributed by atoms with Gasteiger partial charge in [0.1, 0.15) is 5.58 Å². The van der Waals surface area contributed by atoms with E-state index in [0.29, 0.717) is 33.9 Å².